The van der Waals surface area contributed by atoms with Gasteiger partial charge < -0.3 is 4.90 Å². The number of rotatable bonds is 5. The molecule has 13 rings (SSSR count). The monoisotopic (exact) mass is 825 g/mol. The van der Waals surface area contributed by atoms with E-state index >= 15 is 0 Å². The van der Waals surface area contributed by atoms with Crippen molar-refractivity contribution in [2.45, 2.75) is 56.8 Å². The van der Waals surface area contributed by atoms with Gasteiger partial charge in [0.05, 0.1) is 5.69 Å². The molecule has 0 N–H and O–H groups in total. The molecular formula is C61H47NS. The van der Waals surface area contributed by atoms with Gasteiger partial charge in [0.25, 0.3) is 0 Å². The second-order valence-corrected chi connectivity index (χ2v) is 19.7. The average molecular weight is 826 g/mol. The van der Waals surface area contributed by atoms with Gasteiger partial charge in [-0.25, -0.2) is 0 Å². The van der Waals surface area contributed by atoms with Crippen molar-refractivity contribution in [2.24, 2.45) is 0 Å². The van der Waals surface area contributed by atoms with Crippen molar-refractivity contribution >= 4 is 59.3 Å². The molecule has 1 heterocycles. The van der Waals surface area contributed by atoms with Crippen LogP contribution < -0.4 is 4.90 Å². The first-order valence-electron chi connectivity index (χ1n) is 22.8. The Hall–Kier alpha value is -6.74. The molecule has 2 heteroatoms. The number of nitrogens with zero attached hydrogens (tertiary/aromatic N) is 1. The van der Waals surface area contributed by atoms with Crippen LogP contribution in [0.5, 0.6) is 0 Å². The molecule has 63 heavy (non-hydrogen) atoms. The van der Waals surface area contributed by atoms with Crippen molar-refractivity contribution in [3.8, 4) is 44.5 Å². The molecule has 9 aromatic carbocycles. The van der Waals surface area contributed by atoms with Gasteiger partial charge in [-0.3, -0.25) is 0 Å². The maximum Gasteiger partial charge on any atom is 0.0540 e. The molecule has 1 aromatic heterocycles. The summed E-state index contributed by atoms with van der Waals surface area (Å²) >= 11 is 1.93. The van der Waals surface area contributed by atoms with Crippen molar-refractivity contribution in [1.29, 1.82) is 0 Å². The highest BCUT2D eigenvalue weighted by atomic mass is 32.1. The van der Waals surface area contributed by atoms with E-state index in [-0.39, 0.29) is 10.8 Å². The first-order valence-corrected chi connectivity index (χ1v) is 23.6. The van der Waals surface area contributed by atoms with E-state index in [4.69, 9.17) is 0 Å². The summed E-state index contributed by atoms with van der Waals surface area (Å²) in [5.41, 5.74) is 19.9. The average Bonchev–Trinajstić information content (AvgIpc) is 3.94. The van der Waals surface area contributed by atoms with E-state index in [1.807, 2.05) is 11.3 Å². The van der Waals surface area contributed by atoms with Crippen LogP contribution >= 0.6 is 11.3 Å². The minimum Gasteiger partial charge on any atom is -0.310 e. The maximum absolute atomic E-state index is 2.57. The van der Waals surface area contributed by atoms with Gasteiger partial charge in [-0.05, 0) is 115 Å². The number of thiophene rings is 1. The predicted molar refractivity (Wildman–Crippen MR) is 269 cm³/mol. The second kappa shape index (κ2) is 13.9. The zero-order valence-corrected chi connectivity index (χ0v) is 36.6. The van der Waals surface area contributed by atoms with Gasteiger partial charge in [0.1, 0.15) is 0 Å². The van der Waals surface area contributed by atoms with Crippen molar-refractivity contribution in [2.75, 3.05) is 4.90 Å². The molecule has 0 bridgehead atoms. The highest BCUT2D eigenvalue weighted by Gasteiger charge is 2.44. The van der Waals surface area contributed by atoms with Gasteiger partial charge in [-0.15, -0.1) is 11.3 Å². The molecule has 1 saturated carbocycles. The molecule has 0 radical (unpaired) electrons. The van der Waals surface area contributed by atoms with Crippen molar-refractivity contribution in [3.63, 3.8) is 0 Å². The lowest BCUT2D eigenvalue weighted by atomic mass is 9.68. The Morgan fingerprint density at radius 2 is 1.00 bits per heavy atom. The molecule has 1 spiro atoms. The summed E-state index contributed by atoms with van der Waals surface area (Å²) < 4.78 is 2.71. The standard InChI is InChI=1S/C61H47NS/c1-60(2)53-25-9-6-19-46(53)49-22-15-23-50(57(49)60)48-20-8-11-27-56(48)62(42-33-35-47-45-18-7-10-26-54(45)61(55(47)38-42)36-12-3-13-37-61)41-31-28-40(29-32-41)44-21-14-24-51-52-34-30-39-16-4-5-17-43(39)59(52)63-58(44)51/h4-11,14-35,38H,3,12-13,36-37H2,1-2H3. The molecule has 10 aromatic rings. The molecule has 1 fully saturated rings. The van der Waals surface area contributed by atoms with Crippen molar-refractivity contribution in [3.05, 3.63) is 210 Å². The van der Waals surface area contributed by atoms with Crippen LogP contribution in [0.25, 0.3) is 75.5 Å². The fraction of sp³-hybridized carbons (Fsp3) is 0.148. The van der Waals surface area contributed by atoms with Gasteiger partial charge >= 0.3 is 0 Å². The van der Waals surface area contributed by atoms with Gasteiger partial charge in [0.2, 0.25) is 0 Å². The molecule has 0 amide bonds. The fourth-order valence-corrected chi connectivity index (χ4v) is 13.6. The Bertz CT molecular complexity index is 3470. The molecule has 1 nitrogen and oxygen atoms in total. The minimum absolute atomic E-state index is 0.0551. The van der Waals surface area contributed by atoms with Crippen LogP contribution in [0.4, 0.5) is 17.1 Å². The van der Waals surface area contributed by atoms with Crippen molar-refractivity contribution in [1.82, 2.24) is 0 Å². The van der Waals surface area contributed by atoms with Crippen molar-refractivity contribution < 1.29 is 0 Å². The number of benzene rings is 9. The van der Waals surface area contributed by atoms with Crippen LogP contribution in [-0.4, -0.2) is 0 Å². The maximum atomic E-state index is 2.57. The molecule has 0 atom stereocenters. The molecule has 3 aliphatic rings. The van der Waals surface area contributed by atoms with Crippen LogP contribution in [0.1, 0.15) is 68.2 Å². The van der Waals surface area contributed by atoms with Gasteiger partial charge in [0, 0.05) is 47.9 Å². The highest BCUT2D eigenvalue weighted by Crippen LogP contribution is 2.58. The normalized spacial score (nSPS) is 15.4. The second-order valence-electron chi connectivity index (χ2n) is 18.7. The predicted octanol–water partition coefficient (Wildman–Crippen LogP) is 17.5. The van der Waals surface area contributed by atoms with E-state index in [0.29, 0.717) is 0 Å². The quantitative estimate of drug-likeness (QED) is 0.167. The topological polar surface area (TPSA) is 3.24 Å². The largest absolute Gasteiger partial charge is 0.310 e. The number of anilines is 3. The third-order valence-corrected chi connectivity index (χ3v) is 16.3. The number of fused-ring (bicyclic) bond motifs is 13. The summed E-state index contributed by atoms with van der Waals surface area (Å²) in [6.07, 6.45) is 6.27. The smallest absolute Gasteiger partial charge is 0.0540 e. The van der Waals surface area contributed by atoms with Gasteiger partial charge in [-0.1, -0.05) is 191 Å². The molecule has 3 aliphatic carbocycles. The van der Waals surface area contributed by atoms with E-state index in [2.05, 4.69) is 207 Å². The zero-order valence-electron chi connectivity index (χ0n) is 35.8. The lowest BCUT2D eigenvalue weighted by Crippen LogP contribution is -2.28. The first-order chi connectivity index (χ1) is 31.0. The minimum atomic E-state index is -0.144. The first kappa shape index (κ1) is 36.9. The van der Waals surface area contributed by atoms with E-state index in [9.17, 15) is 0 Å². The summed E-state index contributed by atoms with van der Waals surface area (Å²) in [5.74, 6) is 0. The molecule has 302 valence electrons. The molecule has 0 aliphatic heterocycles. The van der Waals surface area contributed by atoms with Gasteiger partial charge in [0.15, 0.2) is 0 Å². The lowest BCUT2D eigenvalue weighted by molar-refractivity contribution is 0.353. The Labute approximate surface area is 373 Å². The lowest BCUT2D eigenvalue weighted by Gasteiger charge is -2.37. The molecule has 0 unspecified atom stereocenters. The fourth-order valence-electron chi connectivity index (χ4n) is 12.2. The zero-order chi connectivity index (χ0) is 41.9. The Morgan fingerprint density at radius 3 is 1.83 bits per heavy atom. The SMILES string of the molecule is CC1(C)c2ccccc2-c2cccc(-c3ccccc3N(c3ccc(-c4cccc5c4sc4c6ccccc6ccc54)cc3)c3ccc4c(c3)C3(CCCCC3)c3ccccc3-4)c21. The van der Waals surface area contributed by atoms with E-state index in [1.54, 1.807) is 0 Å². The van der Waals surface area contributed by atoms with E-state index in [0.717, 1.165) is 5.69 Å². The summed E-state index contributed by atoms with van der Waals surface area (Å²) in [4.78, 5) is 2.56. The number of para-hydroxylation sites is 1. The summed E-state index contributed by atoms with van der Waals surface area (Å²) in [5, 5.41) is 5.29. The summed E-state index contributed by atoms with van der Waals surface area (Å²) in [6, 6.07) is 71.4. The third-order valence-electron chi connectivity index (χ3n) is 15.1. The van der Waals surface area contributed by atoms with Crippen LogP contribution in [0.2, 0.25) is 0 Å². The van der Waals surface area contributed by atoms with Crippen LogP contribution in [0.15, 0.2) is 188 Å². The number of hydrogen-bond acceptors (Lipinski definition) is 2. The van der Waals surface area contributed by atoms with E-state index in [1.165, 1.54) is 141 Å². The Kier molecular flexibility index (Phi) is 8.12. The summed E-state index contributed by atoms with van der Waals surface area (Å²) in [7, 11) is 0. The summed E-state index contributed by atoms with van der Waals surface area (Å²) in [6.45, 7) is 4.81. The van der Waals surface area contributed by atoms with Gasteiger partial charge in [-0.2, -0.15) is 0 Å². The Balaban J connectivity index is 1.00. The highest BCUT2D eigenvalue weighted by molar-refractivity contribution is 7.27. The third kappa shape index (κ3) is 5.34. The van der Waals surface area contributed by atoms with Crippen LogP contribution in [-0.2, 0) is 10.8 Å². The Morgan fingerprint density at radius 1 is 0.413 bits per heavy atom. The van der Waals surface area contributed by atoms with E-state index < -0.39 is 0 Å². The van der Waals surface area contributed by atoms with Crippen LogP contribution in [0, 0.1) is 0 Å². The molecular weight excluding hydrogens is 779 g/mol. The van der Waals surface area contributed by atoms with Crippen LogP contribution in [0.3, 0.4) is 0 Å². The molecule has 0 saturated heterocycles. The number of hydrogen-bond donors (Lipinski definition) is 0.